The van der Waals surface area contributed by atoms with Crippen molar-refractivity contribution < 1.29 is 4.79 Å². The van der Waals surface area contributed by atoms with Gasteiger partial charge >= 0.3 is 0 Å². The molecule has 5 heteroatoms. The van der Waals surface area contributed by atoms with E-state index in [2.05, 4.69) is 4.90 Å². The van der Waals surface area contributed by atoms with Gasteiger partial charge in [-0.3, -0.25) is 9.69 Å². The second-order valence-corrected chi connectivity index (χ2v) is 6.02. The summed E-state index contributed by atoms with van der Waals surface area (Å²) in [6.45, 7) is 3.88. The first-order chi connectivity index (χ1) is 9.66. The Morgan fingerprint density at radius 1 is 1.25 bits per heavy atom. The second kappa shape index (κ2) is 5.62. The summed E-state index contributed by atoms with van der Waals surface area (Å²) in [4.78, 5) is 17.1. The van der Waals surface area contributed by atoms with Gasteiger partial charge in [-0.2, -0.15) is 0 Å². The molecule has 1 unspecified atom stereocenters. The van der Waals surface area contributed by atoms with E-state index >= 15 is 0 Å². The van der Waals surface area contributed by atoms with Gasteiger partial charge in [0, 0.05) is 25.7 Å². The first-order valence-electron chi connectivity index (χ1n) is 7.24. The van der Waals surface area contributed by atoms with Crippen molar-refractivity contribution >= 4 is 23.2 Å². The molecular formula is C15H20ClN3O. The number of nitrogen functional groups attached to an aromatic ring is 1. The zero-order valence-corrected chi connectivity index (χ0v) is 12.3. The zero-order chi connectivity index (χ0) is 14.1. The van der Waals surface area contributed by atoms with Crippen molar-refractivity contribution in [2.24, 2.45) is 0 Å². The number of halogens is 1. The molecule has 2 heterocycles. The zero-order valence-electron chi connectivity index (χ0n) is 11.5. The number of amides is 1. The Kier molecular flexibility index (Phi) is 3.85. The topological polar surface area (TPSA) is 49.6 Å². The Balaban J connectivity index is 1.81. The maximum atomic E-state index is 12.7. The van der Waals surface area contributed by atoms with Crippen molar-refractivity contribution in [2.45, 2.75) is 25.3 Å². The molecule has 2 aliphatic heterocycles. The van der Waals surface area contributed by atoms with Gasteiger partial charge in [0.15, 0.2) is 0 Å². The quantitative estimate of drug-likeness (QED) is 0.808. The fraction of sp³-hybridized carbons (Fsp3) is 0.533. The van der Waals surface area contributed by atoms with Gasteiger partial charge in [0.1, 0.15) is 0 Å². The summed E-state index contributed by atoms with van der Waals surface area (Å²) >= 11 is 6.18. The third-order valence-electron chi connectivity index (χ3n) is 4.35. The second-order valence-electron chi connectivity index (χ2n) is 5.65. The molecule has 2 fully saturated rings. The average molecular weight is 294 g/mol. The van der Waals surface area contributed by atoms with Crippen LogP contribution in [0.2, 0.25) is 5.02 Å². The first-order valence-corrected chi connectivity index (χ1v) is 7.62. The van der Waals surface area contributed by atoms with Crippen LogP contribution in [-0.2, 0) is 0 Å². The number of hydrogen-bond donors (Lipinski definition) is 1. The molecule has 2 aliphatic rings. The molecule has 1 aromatic carbocycles. The maximum absolute atomic E-state index is 12.7. The fourth-order valence-electron chi connectivity index (χ4n) is 3.28. The van der Waals surface area contributed by atoms with E-state index in [1.807, 2.05) is 4.90 Å². The summed E-state index contributed by atoms with van der Waals surface area (Å²) in [5.41, 5.74) is 6.79. The van der Waals surface area contributed by atoms with E-state index in [0.29, 0.717) is 22.3 Å². The van der Waals surface area contributed by atoms with Crippen LogP contribution in [0.25, 0.3) is 0 Å². The molecule has 3 rings (SSSR count). The standard InChI is InChI=1S/C15H20ClN3O/c16-14-12(5-1-6-13(14)17)15(20)19-9-3-8-18-7-2-4-11(18)10-19/h1,5-6,11H,2-4,7-10,17H2. The molecule has 4 nitrogen and oxygen atoms in total. The van der Waals surface area contributed by atoms with Crippen LogP contribution in [0.5, 0.6) is 0 Å². The summed E-state index contributed by atoms with van der Waals surface area (Å²) in [6, 6.07) is 5.79. The number of rotatable bonds is 1. The predicted molar refractivity (Wildman–Crippen MR) is 81.0 cm³/mol. The lowest BCUT2D eigenvalue weighted by Crippen LogP contribution is -2.39. The van der Waals surface area contributed by atoms with Gasteiger partial charge in [-0.15, -0.1) is 0 Å². The maximum Gasteiger partial charge on any atom is 0.255 e. The Bertz CT molecular complexity index is 520. The number of carbonyl (C=O) groups excluding carboxylic acids is 1. The molecule has 2 N–H and O–H groups in total. The number of fused-ring (bicyclic) bond motifs is 1. The molecule has 0 bridgehead atoms. The van der Waals surface area contributed by atoms with Gasteiger partial charge in [-0.1, -0.05) is 17.7 Å². The van der Waals surface area contributed by atoms with E-state index in [-0.39, 0.29) is 5.91 Å². The molecule has 2 saturated heterocycles. The van der Waals surface area contributed by atoms with Crippen molar-refractivity contribution in [1.82, 2.24) is 9.80 Å². The summed E-state index contributed by atoms with van der Waals surface area (Å²) in [6.07, 6.45) is 3.46. The van der Waals surface area contributed by atoms with E-state index in [1.54, 1.807) is 18.2 Å². The summed E-state index contributed by atoms with van der Waals surface area (Å²) < 4.78 is 0. The molecule has 0 radical (unpaired) electrons. The van der Waals surface area contributed by atoms with Crippen LogP contribution >= 0.6 is 11.6 Å². The minimum Gasteiger partial charge on any atom is -0.398 e. The number of nitrogens with two attached hydrogens (primary N) is 1. The fourth-order valence-corrected chi connectivity index (χ4v) is 3.48. The summed E-state index contributed by atoms with van der Waals surface area (Å²) in [5, 5.41) is 0.380. The largest absolute Gasteiger partial charge is 0.398 e. The highest BCUT2D eigenvalue weighted by atomic mass is 35.5. The van der Waals surface area contributed by atoms with Gasteiger partial charge in [-0.05, 0) is 37.9 Å². The number of hydrogen-bond acceptors (Lipinski definition) is 3. The Hall–Kier alpha value is -1.26. The average Bonchev–Trinajstić information content (AvgIpc) is 2.78. The predicted octanol–water partition coefficient (Wildman–Crippen LogP) is 2.23. The van der Waals surface area contributed by atoms with Crippen molar-refractivity contribution in [2.75, 3.05) is 31.9 Å². The van der Waals surface area contributed by atoms with E-state index < -0.39 is 0 Å². The summed E-state index contributed by atoms with van der Waals surface area (Å²) in [7, 11) is 0. The van der Waals surface area contributed by atoms with Gasteiger partial charge in [0.05, 0.1) is 16.3 Å². The van der Waals surface area contributed by atoms with Crippen molar-refractivity contribution in [1.29, 1.82) is 0 Å². The molecule has 0 aliphatic carbocycles. The lowest BCUT2D eigenvalue weighted by atomic mass is 10.1. The van der Waals surface area contributed by atoms with Crippen molar-refractivity contribution in [3.8, 4) is 0 Å². The molecular weight excluding hydrogens is 274 g/mol. The SMILES string of the molecule is Nc1cccc(C(=O)N2CCCN3CCCC3C2)c1Cl. The third kappa shape index (κ3) is 2.50. The lowest BCUT2D eigenvalue weighted by molar-refractivity contribution is 0.0743. The first kappa shape index (κ1) is 13.7. The Morgan fingerprint density at radius 2 is 2.05 bits per heavy atom. The van der Waals surface area contributed by atoms with E-state index in [4.69, 9.17) is 17.3 Å². The Morgan fingerprint density at radius 3 is 2.90 bits per heavy atom. The molecule has 0 aromatic heterocycles. The van der Waals surface area contributed by atoms with Gasteiger partial charge < -0.3 is 10.6 Å². The number of carbonyl (C=O) groups is 1. The van der Waals surface area contributed by atoms with Crippen LogP contribution in [0.3, 0.4) is 0 Å². The van der Waals surface area contributed by atoms with Gasteiger partial charge in [0.25, 0.3) is 5.91 Å². The smallest absolute Gasteiger partial charge is 0.255 e. The highest BCUT2D eigenvalue weighted by Crippen LogP contribution is 2.26. The van der Waals surface area contributed by atoms with E-state index in [0.717, 1.165) is 26.1 Å². The third-order valence-corrected chi connectivity index (χ3v) is 4.77. The van der Waals surface area contributed by atoms with Gasteiger partial charge in [0.2, 0.25) is 0 Å². The molecule has 108 valence electrons. The van der Waals surface area contributed by atoms with Crippen molar-refractivity contribution in [3.05, 3.63) is 28.8 Å². The van der Waals surface area contributed by atoms with E-state index in [9.17, 15) is 4.79 Å². The molecule has 1 aromatic rings. The molecule has 1 amide bonds. The Labute approximate surface area is 124 Å². The van der Waals surface area contributed by atoms with Crippen LogP contribution in [0.15, 0.2) is 18.2 Å². The molecule has 1 atom stereocenters. The highest BCUT2D eigenvalue weighted by Gasteiger charge is 2.31. The van der Waals surface area contributed by atoms with Crippen LogP contribution in [0, 0.1) is 0 Å². The molecule has 0 spiro atoms. The van der Waals surface area contributed by atoms with Crippen LogP contribution in [0.4, 0.5) is 5.69 Å². The van der Waals surface area contributed by atoms with E-state index in [1.165, 1.54) is 19.4 Å². The highest BCUT2D eigenvalue weighted by molar-refractivity contribution is 6.36. The monoisotopic (exact) mass is 293 g/mol. The number of anilines is 1. The van der Waals surface area contributed by atoms with Gasteiger partial charge in [-0.25, -0.2) is 0 Å². The minimum atomic E-state index is 0.0102. The van der Waals surface area contributed by atoms with Crippen molar-refractivity contribution in [3.63, 3.8) is 0 Å². The summed E-state index contributed by atoms with van der Waals surface area (Å²) in [5.74, 6) is 0.0102. The minimum absolute atomic E-state index is 0.0102. The molecule has 20 heavy (non-hydrogen) atoms. The molecule has 0 saturated carbocycles. The van der Waals surface area contributed by atoms with Crippen LogP contribution < -0.4 is 5.73 Å². The number of benzene rings is 1. The van der Waals surface area contributed by atoms with Crippen LogP contribution in [0.1, 0.15) is 29.6 Å². The lowest BCUT2D eigenvalue weighted by Gasteiger charge is -2.26. The number of nitrogens with zero attached hydrogens (tertiary/aromatic N) is 2. The van der Waals surface area contributed by atoms with Crippen LogP contribution in [-0.4, -0.2) is 47.9 Å². The normalized spacial score (nSPS) is 23.4.